The molecular weight excluding hydrogens is 420 g/mol. The van der Waals surface area contributed by atoms with Gasteiger partial charge in [0, 0.05) is 0 Å². The molecule has 4 rings (SSSR count). The second-order valence-corrected chi connectivity index (χ2v) is 8.51. The summed E-state index contributed by atoms with van der Waals surface area (Å²) in [4.78, 5) is 12.3. The van der Waals surface area contributed by atoms with Crippen LogP contribution in [0.4, 0.5) is 0 Å². The van der Waals surface area contributed by atoms with Crippen molar-refractivity contribution in [2.24, 2.45) is 0 Å². The number of hydrogen-bond acceptors (Lipinski definition) is 7. The molecule has 0 spiro atoms. The van der Waals surface area contributed by atoms with Crippen LogP contribution in [0.25, 0.3) is 0 Å². The van der Waals surface area contributed by atoms with Crippen LogP contribution in [0.1, 0.15) is 17.2 Å². The van der Waals surface area contributed by atoms with Crippen LogP contribution in [0.15, 0.2) is 77.7 Å². The average Bonchev–Trinajstić information content (AvgIpc) is 2.78. The zero-order chi connectivity index (χ0) is 22.0. The second kappa shape index (κ2) is 8.31. The van der Waals surface area contributed by atoms with E-state index in [1.807, 2.05) is 6.92 Å². The average molecular weight is 440 g/mol. The molecule has 1 aliphatic rings. The molecule has 0 N–H and O–H groups in total. The van der Waals surface area contributed by atoms with Gasteiger partial charge in [0.05, 0.1) is 7.11 Å². The van der Waals surface area contributed by atoms with Crippen molar-refractivity contribution in [3.63, 3.8) is 0 Å². The number of carbonyl (C=O) groups is 1. The fourth-order valence-corrected chi connectivity index (χ4v) is 4.10. The van der Waals surface area contributed by atoms with E-state index in [1.54, 1.807) is 48.5 Å². The Morgan fingerprint density at radius 2 is 1.48 bits per heavy atom. The number of benzene rings is 3. The minimum atomic E-state index is -3.97. The van der Waals surface area contributed by atoms with Crippen molar-refractivity contribution in [1.29, 1.82) is 0 Å². The Labute approximate surface area is 180 Å². The predicted octanol–water partition coefficient (Wildman–Crippen LogP) is 3.82. The number of hydrogen-bond donors (Lipinski definition) is 0. The molecule has 0 aromatic heterocycles. The van der Waals surface area contributed by atoms with Crippen molar-refractivity contribution in [3.05, 3.63) is 83.9 Å². The third kappa shape index (κ3) is 4.34. The van der Waals surface area contributed by atoms with Gasteiger partial charge in [-0.05, 0) is 48.9 Å². The first-order valence-corrected chi connectivity index (χ1v) is 10.9. The zero-order valence-corrected chi connectivity index (χ0v) is 17.7. The lowest BCUT2D eigenvalue weighted by Gasteiger charge is -2.32. The van der Waals surface area contributed by atoms with E-state index in [-0.39, 0.29) is 10.6 Å². The maximum Gasteiger partial charge on any atom is 0.351 e. The molecule has 0 fully saturated rings. The van der Waals surface area contributed by atoms with E-state index in [0.717, 1.165) is 5.56 Å². The number of rotatable bonds is 5. The van der Waals surface area contributed by atoms with Gasteiger partial charge in [-0.3, -0.25) is 0 Å². The number of methoxy groups -OCH3 is 1. The minimum Gasteiger partial charge on any atom is -0.477 e. The highest BCUT2D eigenvalue weighted by Crippen LogP contribution is 2.40. The molecule has 0 saturated carbocycles. The lowest BCUT2D eigenvalue weighted by Crippen LogP contribution is -2.40. The van der Waals surface area contributed by atoms with Crippen molar-refractivity contribution >= 4 is 16.1 Å². The standard InChI is InChI=1S/C23H20O7S/c1-15-7-13-18(14-8-15)31(25,26)30-17-11-9-16(10-12-17)21-22(23(24)27-2)29-20-6-4-3-5-19(20)28-21/h3-14,21-22H,1-2H3/t21-,22+/m1/s1. The summed E-state index contributed by atoms with van der Waals surface area (Å²) < 4.78 is 46.9. The molecule has 8 heteroatoms. The van der Waals surface area contributed by atoms with Crippen LogP contribution in [-0.4, -0.2) is 27.6 Å². The Kier molecular flexibility index (Phi) is 5.56. The first-order chi connectivity index (χ1) is 14.9. The van der Waals surface area contributed by atoms with Gasteiger partial charge >= 0.3 is 16.1 Å². The summed E-state index contributed by atoms with van der Waals surface area (Å²) in [5.74, 6) is 0.492. The third-order valence-electron chi connectivity index (χ3n) is 4.79. The molecule has 7 nitrogen and oxygen atoms in total. The Morgan fingerprint density at radius 1 is 0.871 bits per heavy atom. The van der Waals surface area contributed by atoms with Crippen LogP contribution in [0, 0.1) is 6.92 Å². The summed E-state index contributed by atoms with van der Waals surface area (Å²) in [6.45, 7) is 1.87. The van der Waals surface area contributed by atoms with Gasteiger partial charge in [0.25, 0.3) is 0 Å². The predicted molar refractivity (Wildman–Crippen MR) is 112 cm³/mol. The first-order valence-electron chi connectivity index (χ1n) is 9.49. The summed E-state index contributed by atoms with van der Waals surface area (Å²) >= 11 is 0. The van der Waals surface area contributed by atoms with E-state index >= 15 is 0 Å². The lowest BCUT2D eigenvalue weighted by molar-refractivity contribution is -0.155. The quantitative estimate of drug-likeness (QED) is 0.440. The smallest absolute Gasteiger partial charge is 0.351 e. The van der Waals surface area contributed by atoms with Crippen LogP contribution in [-0.2, 0) is 19.6 Å². The van der Waals surface area contributed by atoms with Crippen LogP contribution < -0.4 is 13.7 Å². The van der Waals surface area contributed by atoms with E-state index in [4.69, 9.17) is 18.4 Å². The van der Waals surface area contributed by atoms with Gasteiger partial charge in [-0.15, -0.1) is 0 Å². The Balaban J connectivity index is 1.58. The molecule has 0 bridgehead atoms. The molecule has 1 aliphatic heterocycles. The van der Waals surface area contributed by atoms with Crippen molar-refractivity contribution in [2.45, 2.75) is 24.0 Å². The Bertz CT molecular complexity index is 1190. The Hall–Kier alpha value is -3.52. The molecular formula is C23H20O7S. The third-order valence-corrected chi connectivity index (χ3v) is 6.05. The van der Waals surface area contributed by atoms with E-state index in [2.05, 4.69) is 0 Å². The summed E-state index contributed by atoms with van der Waals surface area (Å²) in [7, 11) is -2.69. The van der Waals surface area contributed by atoms with E-state index < -0.39 is 28.3 Å². The van der Waals surface area contributed by atoms with E-state index in [9.17, 15) is 13.2 Å². The highest BCUT2D eigenvalue weighted by Gasteiger charge is 2.39. The van der Waals surface area contributed by atoms with Gasteiger partial charge in [0.15, 0.2) is 17.6 Å². The van der Waals surface area contributed by atoms with Gasteiger partial charge in [-0.1, -0.05) is 42.0 Å². The molecule has 160 valence electrons. The molecule has 3 aromatic rings. The van der Waals surface area contributed by atoms with Gasteiger partial charge in [-0.2, -0.15) is 8.42 Å². The molecule has 0 amide bonds. The molecule has 1 heterocycles. The highest BCUT2D eigenvalue weighted by atomic mass is 32.2. The van der Waals surface area contributed by atoms with Crippen LogP contribution in [0.5, 0.6) is 17.2 Å². The molecule has 0 radical (unpaired) electrons. The first kappa shape index (κ1) is 20.7. The van der Waals surface area contributed by atoms with Crippen molar-refractivity contribution < 1.29 is 31.6 Å². The molecule has 0 unspecified atom stereocenters. The summed E-state index contributed by atoms with van der Waals surface area (Å²) in [5.41, 5.74) is 1.55. The molecule has 0 saturated heterocycles. The maximum absolute atomic E-state index is 12.5. The number of fused-ring (bicyclic) bond motifs is 1. The molecule has 31 heavy (non-hydrogen) atoms. The van der Waals surface area contributed by atoms with Gasteiger partial charge in [0.2, 0.25) is 6.10 Å². The SMILES string of the molecule is COC(=O)[C@H]1Oc2ccccc2O[C@@H]1c1ccc(OS(=O)(=O)c2ccc(C)cc2)cc1. The summed E-state index contributed by atoms with van der Waals surface area (Å²) in [6, 6.07) is 19.6. The van der Waals surface area contributed by atoms with Gasteiger partial charge in [-0.25, -0.2) is 4.79 Å². The molecule has 0 aliphatic carbocycles. The van der Waals surface area contributed by atoms with Crippen LogP contribution in [0.3, 0.4) is 0 Å². The van der Waals surface area contributed by atoms with Crippen LogP contribution >= 0.6 is 0 Å². The van der Waals surface area contributed by atoms with Crippen LogP contribution in [0.2, 0.25) is 0 Å². The fourth-order valence-electron chi connectivity index (χ4n) is 3.17. The number of aryl methyl sites for hydroxylation is 1. The van der Waals surface area contributed by atoms with Gasteiger partial charge < -0.3 is 18.4 Å². The van der Waals surface area contributed by atoms with Crippen molar-refractivity contribution in [3.8, 4) is 17.2 Å². The number of esters is 1. The largest absolute Gasteiger partial charge is 0.477 e. The number of para-hydroxylation sites is 2. The topological polar surface area (TPSA) is 88.1 Å². The zero-order valence-electron chi connectivity index (χ0n) is 16.8. The highest BCUT2D eigenvalue weighted by molar-refractivity contribution is 7.87. The normalized spacial score (nSPS) is 17.6. The molecule has 3 aromatic carbocycles. The monoisotopic (exact) mass is 440 g/mol. The Morgan fingerprint density at radius 3 is 2.10 bits per heavy atom. The lowest BCUT2D eigenvalue weighted by atomic mass is 10.0. The van der Waals surface area contributed by atoms with Crippen molar-refractivity contribution in [1.82, 2.24) is 0 Å². The van der Waals surface area contributed by atoms with E-state index in [0.29, 0.717) is 17.1 Å². The van der Waals surface area contributed by atoms with Gasteiger partial charge in [0.1, 0.15) is 10.6 Å². The van der Waals surface area contributed by atoms with E-state index in [1.165, 1.54) is 31.4 Å². The van der Waals surface area contributed by atoms with Crippen molar-refractivity contribution in [2.75, 3.05) is 7.11 Å². The molecule has 2 atom stereocenters. The minimum absolute atomic E-state index is 0.0635. The fraction of sp³-hybridized carbons (Fsp3) is 0.174. The maximum atomic E-state index is 12.5. The second-order valence-electron chi connectivity index (χ2n) is 6.97. The number of carbonyl (C=O) groups excluding carboxylic acids is 1. The summed E-state index contributed by atoms with van der Waals surface area (Å²) in [6.07, 6.45) is -1.78. The number of ether oxygens (including phenoxy) is 3. The summed E-state index contributed by atoms with van der Waals surface area (Å²) in [5, 5.41) is 0.